The van der Waals surface area contributed by atoms with Crippen molar-refractivity contribution in [1.29, 1.82) is 0 Å². The molecule has 0 saturated carbocycles. The Bertz CT molecular complexity index is 786. The number of amides is 2. The Morgan fingerprint density at radius 1 is 1.28 bits per heavy atom. The van der Waals surface area contributed by atoms with Gasteiger partial charge in [-0.15, -0.1) is 5.11 Å². The van der Waals surface area contributed by atoms with Gasteiger partial charge < -0.3 is 21.1 Å². The highest BCUT2D eigenvalue weighted by Crippen LogP contribution is 2.39. The summed E-state index contributed by atoms with van der Waals surface area (Å²) in [5, 5.41) is 18.4. The van der Waals surface area contributed by atoms with E-state index in [0.29, 0.717) is 29.7 Å². The Labute approximate surface area is 147 Å². The fraction of sp³-hybridized carbons (Fsp3) is 0.471. The number of carbonyl (C=O) groups excluding carboxylic acids is 1. The largest absolute Gasteiger partial charge is 0.493 e. The molecular weight excluding hydrogens is 320 g/mol. The van der Waals surface area contributed by atoms with Crippen molar-refractivity contribution >= 4 is 28.3 Å². The van der Waals surface area contributed by atoms with Crippen molar-refractivity contribution < 1.29 is 9.90 Å². The maximum atomic E-state index is 10.9. The zero-order valence-corrected chi connectivity index (χ0v) is 15.1. The van der Waals surface area contributed by atoms with Gasteiger partial charge in [-0.3, -0.25) is 4.90 Å². The molecule has 0 spiro atoms. The number of nitrogens with two attached hydrogens (primary N) is 2. The predicted octanol–water partition coefficient (Wildman–Crippen LogP) is 3.21. The molecule has 0 bridgehead atoms. The van der Waals surface area contributed by atoms with Crippen molar-refractivity contribution in [2.24, 2.45) is 16.0 Å². The molecule has 0 radical (unpaired) electrons. The van der Waals surface area contributed by atoms with Crippen LogP contribution >= 0.6 is 0 Å². The highest BCUT2D eigenvalue weighted by atomic mass is 16.3. The average Bonchev–Trinajstić information content (AvgIpc) is 2.76. The van der Waals surface area contributed by atoms with Crippen LogP contribution in [0, 0.1) is 0 Å². The highest BCUT2D eigenvalue weighted by Gasteiger charge is 2.19. The van der Waals surface area contributed by atoms with E-state index in [1.165, 1.54) is 0 Å². The van der Waals surface area contributed by atoms with Gasteiger partial charge in [0.05, 0.1) is 5.52 Å². The minimum absolute atomic E-state index is 0.0573. The van der Waals surface area contributed by atoms with Crippen LogP contribution in [0.15, 0.2) is 28.4 Å². The Morgan fingerprint density at radius 3 is 2.48 bits per heavy atom. The van der Waals surface area contributed by atoms with Gasteiger partial charge in [-0.2, -0.15) is 0 Å². The average molecular weight is 346 g/mol. The third-order valence-corrected chi connectivity index (χ3v) is 4.19. The van der Waals surface area contributed by atoms with Crippen LogP contribution in [0.25, 0.3) is 10.9 Å². The number of hydrogen-bond acceptors (Lipinski definition) is 5. The molecule has 0 fully saturated rings. The van der Waals surface area contributed by atoms with Crippen LogP contribution in [0.1, 0.15) is 27.7 Å². The van der Waals surface area contributed by atoms with E-state index in [0.717, 1.165) is 12.1 Å². The summed E-state index contributed by atoms with van der Waals surface area (Å²) in [6.07, 6.45) is 0. The molecule has 2 amide bonds. The number of urea groups is 1. The van der Waals surface area contributed by atoms with Gasteiger partial charge >= 0.3 is 6.03 Å². The number of primary amides is 1. The summed E-state index contributed by atoms with van der Waals surface area (Å²) in [6, 6.07) is 5.12. The second kappa shape index (κ2) is 7.52. The molecule has 2 rings (SSSR count). The lowest BCUT2D eigenvalue weighted by Gasteiger charge is -2.30. The van der Waals surface area contributed by atoms with E-state index in [-0.39, 0.29) is 11.6 Å². The molecule has 1 aromatic heterocycles. The van der Waals surface area contributed by atoms with Crippen molar-refractivity contribution in [1.82, 2.24) is 9.47 Å². The Balaban J connectivity index is 2.46. The van der Waals surface area contributed by atoms with E-state index >= 15 is 0 Å². The van der Waals surface area contributed by atoms with Crippen molar-refractivity contribution in [2.45, 2.75) is 46.3 Å². The van der Waals surface area contributed by atoms with Crippen LogP contribution < -0.4 is 11.5 Å². The second-order valence-electron chi connectivity index (χ2n) is 6.56. The summed E-state index contributed by atoms with van der Waals surface area (Å²) in [7, 11) is 0. The summed E-state index contributed by atoms with van der Waals surface area (Å²) in [5.74, 6) is -0.0573. The second-order valence-corrected chi connectivity index (χ2v) is 6.56. The van der Waals surface area contributed by atoms with Gasteiger partial charge in [-0.25, -0.2) is 4.79 Å². The van der Waals surface area contributed by atoms with Gasteiger partial charge in [0.2, 0.25) is 5.88 Å². The number of anilines is 1. The third-order valence-electron chi connectivity index (χ3n) is 4.19. The molecule has 0 atom stereocenters. The van der Waals surface area contributed by atoms with Crippen LogP contribution in [-0.4, -0.2) is 39.2 Å². The van der Waals surface area contributed by atoms with E-state index in [9.17, 15) is 9.90 Å². The number of fused-ring (bicyclic) bond motifs is 1. The smallest absolute Gasteiger partial charge is 0.356 e. The van der Waals surface area contributed by atoms with E-state index in [1.54, 1.807) is 16.7 Å². The Kier molecular flexibility index (Phi) is 5.63. The molecule has 8 nitrogen and oxygen atoms in total. The van der Waals surface area contributed by atoms with E-state index in [1.807, 2.05) is 6.07 Å². The molecule has 2 aromatic rings. The summed E-state index contributed by atoms with van der Waals surface area (Å²) in [5.41, 5.74) is 12.4. The zero-order chi connectivity index (χ0) is 18.7. The number of hydrogen-bond donors (Lipinski definition) is 3. The zero-order valence-electron chi connectivity index (χ0n) is 15.1. The van der Waals surface area contributed by atoms with Crippen LogP contribution in [0.2, 0.25) is 0 Å². The Hall–Kier alpha value is -2.61. The van der Waals surface area contributed by atoms with E-state index in [2.05, 4.69) is 42.8 Å². The van der Waals surface area contributed by atoms with Gasteiger partial charge in [-0.1, -0.05) is 5.11 Å². The number of aromatic nitrogens is 1. The molecule has 0 unspecified atom stereocenters. The quantitative estimate of drug-likeness (QED) is 0.549. The molecule has 8 heteroatoms. The molecule has 0 aliphatic heterocycles. The number of carbonyl (C=O) groups is 1. The molecule has 0 aliphatic rings. The Morgan fingerprint density at radius 2 is 1.92 bits per heavy atom. The van der Waals surface area contributed by atoms with Gasteiger partial charge in [0.1, 0.15) is 0 Å². The number of benzene rings is 1. The topological polar surface area (TPSA) is 122 Å². The van der Waals surface area contributed by atoms with Gasteiger partial charge in [0, 0.05) is 36.2 Å². The first-order valence-corrected chi connectivity index (χ1v) is 8.30. The fourth-order valence-corrected chi connectivity index (χ4v) is 3.09. The van der Waals surface area contributed by atoms with Gasteiger partial charge in [-0.05, 0) is 45.9 Å². The fourth-order valence-electron chi connectivity index (χ4n) is 3.09. The molecule has 25 heavy (non-hydrogen) atoms. The number of nitrogen functional groups attached to an aromatic ring is 1. The van der Waals surface area contributed by atoms with Crippen molar-refractivity contribution in [3.05, 3.63) is 18.2 Å². The van der Waals surface area contributed by atoms with Crippen LogP contribution in [-0.2, 0) is 6.54 Å². The number of aromatic hydroxyl groups is 1. The molecule has 0 saturated heterocycles. The monoisotopic (exact) mass is 346 g/mol. The van der Waals surface area contributed by atoms with Crippen molar-refractivity contribution in [2.75, 3.05) is 12.3 Å². The van der Waals surface area contributed by atoms with Gasteiger partial charge in [0.15, 0.2) is 5.69 Å². The van der Waals surface area contributed by atoms with Gasteiger partial charge in [0.25, 0.3) is 0 Å². The van der Waals surface area contributed by atoms with Crippen LogP contribution in [0.4, 0.5) is 16.2 Å². The maximum absolute atomic E-state index is 10.9. The third kappa shape index (κ3) is 4.08. The SMILES string of the molecule is CC(C)N(CCn1c(O)c(N=NC(N)=O)c2cc(N)ccc21)C(C)C. The first-order valence-electron chi connectivity index (χ1n) is 8.30. The maximum Gasteiger partial charge on any atom is 0.356 e. The number of rotatable bonds is 6. The minimum atomic E-state index is -0.921. The number of azo groups is 1. The molecular formula is C17H26N6O2. The van der Waals surface area contributed by atoms with Crippen molar-refractivity contribution in [3.63, 3.8) is 0 Å². The summed E-state index contributed by atoms with van der Waals surface area (Å²) >= 11 is 0. The first kappa shape index (κ1) is 18.7. The summed E-state index contributed by atoms with van der Waals surface area (Å²) < 4.78 is 1.75. The highest BCUT2D eigenvalue weighted by molar-refractivity contribution is 5.97. The number of nitrogens with zero attached hydrogens (tertiary/aromatic N) is 4. The van der Waals surface area contributed by atoms with Crippen LogP contribution in [0.5, 0.6) is 5.88 Å². The summed E-state index contributed by atoms with van der Waals surface area (Å²) in [6.45, 7) is 9.88. The van der Waals surface area contributed by atoms with Crippen LogP contribution in [0.3, 0.4) is 0 Å². The lowest BCUT2D eigenvalue weighted by atomic mass is 10.2. The standard InChI is InChI=1S/C17H26N6O2/c1-10(2)22(11(3)4)7-8-23-14-6-5-12(18)9-13(14)15(16(23)24)20-21-17(19)25/h5-6,9-11,24H,7-8,18H2,1-4H3,(H2,19,25). The summed E-state index contributed by atoms with van der Waals surface area (Å²) in [4.78, 5) is 13.2. The normalized spacial score (nSPS) is 12.3. The minimum Gasteiger partial charge on any atom is -0.493 e. The molecule has 5 N–H and O–H groups in total. The van der Waals surface area contributed by atoms with E-state index in [4.69, 9.17) is 11.5 Å². The molecule has 0 aliphatic carbocycles. The van der Waals surface area contributed by atoms with E-state index < -0.39 is 6.03 Å². The van der Waals surface area contributed by atoms with Crippen molar-refractivity contribution in [3.8, 4) is 5.88 Å². The molecule has 1 aromatic carbocycles. The first-order chi connectivity index (χ1) is 11.7. The lowest BCUT2D eigenvalue weighted by molar-refractivity contribution is 0.167. The molecule has 1 heterocycles. The lowest BCUT2D eigenvalue weighted by Crippen LogP contribution is -2.39. The predicted molar refractivity (Wildman–Crippen MR) is 99.1 cm³/mol. The molecule has 136 valence electrons.